The fourth-order valence-corrected chi connectivity index (χ4v) is 2.85. The van der Waals surface area contributed by atoms with Crippen molar-refractivity contribution in [1.82, 2.24) is 14.5 Å². The van der Waals surface area contributed by atoms with Gasteiger partial charge in [0.25, 0.3) is 11.5 Å². The van der Waals surface area contributed by atoms with Gasteiger partial charge in [-0.05, 0) is 43.7 Å². The van der Waals surface area contributed by atoms with E-state index in [0.29, 0.717) is 17.9 Å². The van der Waals surface area contributed by atoms with Crippen molar-refractivity contribution in [2.45, 2.75) is 20.4 Å². The van der Waals surface area contributed by atoms with Gasteiger partial charge < -0.3 is 9.88 Å². The number of aryl methyl sites for hydroxylation is 1. The number of carbonyl (C=O) groups is 1. The summed E-state index contributed by atoms with van der Waals surface area (Å²) in [5, 5.41) is 0. The molecule has 1 amide bonds. The van der Waals surface area contributed by atoms with Crippen LogP contribution in [0.2, 0.25) is 0 Å². The summed E-state index contributed by atoms with van der Waals surface area (Å²) in [4.78, 5) is 46.1. The second-order valence-corrected chi connectivity index (χ2v) is 6.11. The van der Waals surface area contributed by atoms with Crippen LogP contribution in [0.3, 0.4) is 0 Å². The molecule has 7 heteroatoms. The highest BCUT2D eigenvalue weighted by Crippen LogP contribution is 2.17. The summed E-state index contributed by atoms with van der Waals surface area (Å²) >= 11 is 0. The van der Waals surface area contributed by atoms with Gasteiger partial charge in [0.15, 0.2) is 0 Å². The third-order valence-corrected chi connectivity index (χ3v) is 4.21. The van der Waals surface area contributed by atoms with Crippen molar-refractivity contribution in [2.75, 3.05) is 11.4 Å². The molecule has 0 radical (unpaired) electrons. The number of nitrogens with zero attached hydrogens (tertiary/aromatic N) is 3. The molecule has 0 aliphatic carbocycles. The van der Waals surface area contributed by atoms with Gasteiger partial charge in [-0.15, -0.1) is 0 Å². The Morgan fingerprint density at radius 3 is 2.67 bits per heavy atom. The minimum Gasteiger partial charge on any atom is -0.313 e. The first-order valence-electron chi connectivity index (χ1n) is 8.62. The van der Waals surface area contributed by atoms with Gasteiger partial charge in [-0.3, -0.25) is 19.1 Å². The van der Waals surface area contributed by atoms with Crippen molar-refractivity contribution in [1.29, 1.82) is 0 Å². The van der Waals surface area contributed by atoms with Crippen LogP contribution in [0.5, 0.6) is 0 Å². The molecule has 2 aromatic heterocycles. The average molecular weight is 364 g/mol. The molecule has 0 atom stereocenters. The predicted octanol–water partition coefficient (Wildman–Crippen LogP) is 1.96. The minimum absolute atomic E-state index is 0.00725. The molecule has 1 aromatic carbocycles. The molecule has 1 N–H and O–H groups in total. The van der Waals surface area contributed by atoms with E-state index in [-0.39, 0.29) is 12.1 Å². The first kappa shape index (κ1) is 18.3. The molecule has 0 fully saturated rings. The van der Waals surface area contributed by atoms with Crippen molar-refractivity contribution < 1.29 is 4.79 Å². The van der Waals surface area contributed by atoms with E-state index in [1.165, 1.54) is 11.1 Å². The number of H-pyrrole nitrogens is 1. The van der Waals surface area contributed by atoms with Crippen LogP contribution in [0.4, 0.5) is 5.69 Å². The second kappa shape index (κ2) is 7.82. The van der Waals surface area contributed by atoms with Gasteiger partial charge in [0.1, 0.15) is 5.56 Å². The Bertz CT molecular complexity index is 1070. The summed E-state index contributed by atoms with van der Waals surface area (Å²) < 4.78 is 0.986. The van der Waals surface area contributed by atoms with Gasteiger partial charge >= 0.3 is 5.69 Å². The van der Waals surface area contributed by atoms with Gasteiger partial charge in [-0.2, -0.15) is 0 Å². The molecule has 0 bridgehead atoms. The van der Waals surface area contributed by atoms with E-state index >= 15 is 0 Å². The van der Waals surface area contributed by atoms with E-state index < -0.39 is 17.2 Å². The van der Waals surface area contributed by atoms with Gasteiger partial charge in [0.05, 0.1) is 12.2 Å². The first-order chi connectivity index (χ1) is 13.0. The third kappa shape index (κ3) is 3.87. The van der Waals surface area contributed by atoms with Crippen molar-refractivity contribution >= 4 is 11.6 Å². The van der Waals surface area contributed by atoms with E-state index in [1.807, 2.05) is 38.1 Å². The van der Waals surface area contributed by atoms with Crippen LogP contribution in [-0.2, 0) is 6.54 Å². The largest absolute Gasteiger partial charge is 0.328 e. The first-order valence-corrected chi connectivity index (χ1v) is 8.62. The number of hydrogen-bond acceptors (Lipinski definition) is 4. The van der Waals surface area contributed by atoms with Crippen LogP contribution < -0.4 is 16.1 Å². The zero-order valence-corrected chi connectivity index (χ0v) is 15.2. The summed E-state index contributed by atoms with van der Waals surface area (Å²) in [5.74, 6) is -0.459. The topological polar surface area (TPSA) is 88.1 Å². The normalized spacial score (nSPS) is 10.6. The van der Waals surface area contributed by atoms with Crippen molar-refractivity contribution in [2.24, 2.45) is 0 Å². The maximum Gasteiger partial charge on any atom is 0.328 e. The molecular formula is C20H20N4O3. The highest BCUT2D eigenvalue weighted by atomic mass is 16.2. The predicted molar refractivity (Wildman–Crippen MR) is 103 cm³/mol. The Morgan fingerprint density at radius 2 is 2.00 bits per heavy atom. The third-order valence-electron chi connectivity index (χ3n) is 4.21. The smallest absolute Gasteiger partial charge is 0.313 e. The summed E-state index contributed by atoms with van der Waals surface area (Å²) in [6.07, 6.45) is 2.76. The van der Waals surface area contributed by atoms with E-state index in [4.69, 9.17) is 0 Å². The van der Waals surface area contributed by atoms with E-state index in [2.05, 4.69) is 9.97 Å². The summed E-state index contributed by atoms with van der Waals surface area (Å²) in [6, 6.07) is 12.7. The summed E-state index contributed by atoms with van der Waals surface area (Å²) in [7, 11) is 0. The number of amides is 1. The highest BCUT2D eigenvalue weighted by molar-refractivity contribution is 6.05. The molecular weight excluding hydrogens is 344 g/mol. The van der Waals surface area contributed by atoms with Crippen LogP contribution in [0.25, 0.3) is 0 Å². The maximum atomic E-state index is 13.0. The SMILES string of the molecule is CCN(C(=O)c1c[nH]c(=O)n(Cc2ccccn2)c1=O)c1cccc(C)c1. The molecule has 0 saturated heterocycles. The minimum atomic E-state index is -0.638. The van der Waals surface area contributed by atoms with Gasteiger partial charge in [0.2, 0.25) is 0 Å². The summed E-state index contributed by atoms with van der Waals surface area (Å²) in [5.41, 5.74) is 0.952. The number of pyridine rings is 1. The summed E-state index contributed by atoms with van der Waals surface area (Å²) in [6.45, 7) is 4.15. The van der Waals surface area contributed by atoms with Crippen LogP contribution >= 0.6 is 0 Å². The van der Waals surface area contributed by atoms with Crippen LogP contribution in [0.15, 0.2) is 64.4 Å². The van der Waals surface area contributed by atoms with E-state index in [0.717, 1.165) is 10.1 Å². The molecule has 27 heavy (non-hydrogen) atoms. The van der Waals surface area contributed by atoms with E-state index in [9.17, 15) is 14.4 Å². The number of nitrogens with one attached hydrogen (secondary N) is 1. The molecule has 0 unspecified atom stereocenters. The molecule has 3 aromatic rings. The Labute approximate surface area is 155 Å². The Kier molecular flexibility index (Phi) is 5.30. The molecule has 138 valence electrons. The monoisotopic (exact) mass is 364 g/mol. The van der Waals surface area contributed by atoms with Gasteiger partial charge in [0, 0.05) is 24.6 Å². The Balaban J connectivity index is 2.01. The molecule has 0 saturated carbocycles. The number of aromatic amines is 1. The standard InChI is InChI=1S/C20H20N4O3/c1-3-23(16-9-6-7-14(2)11-16)18(25)17-12-22-20(27)24(19(17)26)13-15-8-4-5-10-21-15/h4-12H,3,13H2,1-2H3,(H,22,27). The van der Waals surface area contributed by atoms with Gasteiger partial charge in [-0.1, -0.05) is 18.2 Å². The lowest BCUT2D eigenvalue weighted by molar-refractivity contribution is 0.0985. The second-order valence-electron chi connectivity index (χ2n) is 6.11. The molecule has 7 nitrogen and oxygen atoms in total. The maximum absolute atomic E-state index is 13.0. The van der Waals surface area contributed by atoms with Gasteiger partial charge in [-0.25, -0.2) is 4.79 Å². The lowest BCUT2D eigenvalue weighted by atomic mass is 10.2. The average Bonchev–Trinajstić information content (AvgIpc) is 2.66. The molecule has 0 aliphatic heterocycles. The number of benzene rings is 1. The zero-order valence-electron chi connectivity index (χ0n) is 15.2. The quantitative estimate of drug-likeness (QED) is 0.750. The Hall–Kier alpha value is -3.48. The fourth-order valence-electron chi connectivity index (χ4n) is 2.85. The molecule has 0 spiro atoms. The van der Waals surface area contributed by atoms with Crippen LogP contribution in [0, 0.1) is 6.92 Å². The van der Waals surface area contributed by atoms with Crippen molar-refractivity contribution in [3.8, 4) is 0 Å². The van der Waals surface area contributed by atoms with Crippen molar-refractivity contribution in [3.05, 3.63) is 92.5 Å². The number of aromatic nitrogens is 3. The van der Waals surface area contributed by atoms with E-state index in [1.54, 1.807) is 24.4 Å². The van der Waals surface area contributed by atoms with Crippen molar-refractivity contribution in [3.63, 3.8) is 0 Å². The Morgan fingerprint density at radius 1 is 1.19 bits per heavy atom. The number of hydrogen-bond donors (Lipinski definition) is 1. The van der Waals surface area contributed by atoms with Crippen LogP contribution in [0.1, 0.15) is 28.5 Å². The van der Waals surface area contributed by atoms with Crippen LogP contribution in [-0.4, -0.2) is 27.0 Å². The molecule has 3 rings (SSSR count). The highest BCUT2D eigenvalue weighted by Gasteiger charge is 2.21. The molecule has 2 heterocycles. The fraction of sp³-hybridized carbons (Fsp3) is 0.200. The number of rotatable bonds is 5. The zero-order chi connectivity index (χ0) is 19.4. The lowest BCUT2D eigenvalue weighted by Crippen LogP contribution is -2.42. The lowest BCUT2D eigenvalue weighted by Gasteiger charge is -2.21. The molecule has 0 aliphatic rings. The number of anilines is 1. The number of carbonyl (C=O) groups excluding carboxylic acids is 1.